The predicted octanol–water partition coefficient (Wildman–Crippen LogP) is -1.39. The van der Waals surface area contributed by atoms with E-state index in [0.29, 0.717) is 6.42 Å². The molecule has 0 saturated carbocycles. The van der Waals surface area contributed by atoms with Gasteiger partial charge in [-0.25, -0.2) is 0 Å². The van der Waals surface area contributed by atoms with Gasteiger partial charge in [0.2, 0.25) is 0 Å². The molecule has 1 saturated heterocycles. The van der Waals surface area contributed by atoms with Crippen LogP contribution in [0.2, 0.25) is 0 Å². The minimum absolute atomic E-state index is 0.223. The second-order valence-corrected chi connectivity index (χ2v) is 2.64. The number of Topliss-reactive ketones (excluding diaryl/α,β-unsaturated/α-hetero) is 1. The largest absolute Gasteiger partial charge is 0.459 e. The molecule has 0 bridgehead atoms. The zero-order valence-electron chi connectivity index (χ0n) is 6.40. The van der Waals surface area contributed by atoms with Crippen molar-refractivity contribution in [2.45, 2.75) is 25.0 Å². The summed E-state index contributed by atoms with van der Waals surface area (Å²) in [6.07, 6.45) is -1.58. The molecule has 0 aromatic rings. The highest BCUT2D eigenvalue weighted by Crippen LogP contribution is 2.17. The number of ketones is 1. The first-order valence-electron chi connectivity index (χ1n) is 3.66. The third-order valence-electron chi connectivity index (χ3n) is 1.75. The Hall–Kier alpha value is -0.940. The van der Waals surface area contributed by atoms with E-state index in [1.54, 1.807) is 0 Å². The number of cyclic esters (lactones) is 1. The van der Waals surface area contributed by atoms with E-state index < -0.39 is 30.6 Å². The van der Waals surface area contributed by atoms with Gasteiger partial charge in [-0.2, -0.15) is 0 Å². The molecule has 0 aromatic carbocycles. The molecule has 68 valence electrons. The number of rotatable bonds is 3. The molecule has 2 N–H and O–H groups in total. The van der Waals surface area contributed by atoms with Crippen LogP contribution in [0, 0.1) is 0 Å². The molecule has 0 radical (unpaired) electrons. The van der Waals surface area contributed by atoms with Crippen LogP contribution < -0.4 is 0 Å². The van der Waals surface area contributed by atoms with Gasteiger partial charge in [0.15, 0.2) is 11.9 Å². The average molecular weight is 174 g/mol. The van der Waals surface area contributed by atoms with Crippen LogP contribution in [0.5, 0.6) is 0 Å². The lowest BCUT2D eigenvalue weighted by molar-refractivity contribution is -0.149. The molecule has 5 heteroatoms. The van der Waals surface area contributed by atoms with E-state index in [9.17, 15) is 9.59 Å². The maximum atomic E-state index is 10.7. The minimum Gasteiger partial charge on any atom is -0.459 e. The van der Waals surface area contributed by atoms with E-state index in [1.807, 2.05) is 0 Å². The summed E-state index contributed by atoms with van der Waals surface area (Å²) >= 11 is 0. The Balaban J connectivity index is 2.48. The van der Waals surface area contributed by atoms with Gasteiger partial charge >= 0.3 is 5.97 Å². The molecule has 1 fully saturated rings. The van der Waals surface area contributed by atoms with Gasteiger partial charge in [0.05, 0.1) is 0 Å². The van der Waals surface area contributed by atoms with Crippen LogP contribution in [0.3, 0.4) is 0 Å². The maximum Gasteiger partial charge on any atom is 0.306 e. The number of carbonyl (C=O) groups is 2. The highest BCUT2D eigenvalue weighted by Gasteiger charge is 2.33. The van der Waals surface area contributed by atoms with Crippen molar-refractivity contribution in [2.24, 2.45) is 0 Å². The van der Waals surface area contributed by atoms with E-state index in [-0.39, 0.29) is 6.42 Å². The van der Waals surface area contributed by atoms with Gasteiger partial charge < -0.3 is 14.9 Å². The third-order valence-corrected chi connectivity index (χ3v) is 1.75. The van der Waals surface area contributed by atoms with Crippen molar-refractivity contribution in [1.29, 1.82) is 0 Å². The third kappa shape index (κ3) is 1.80. The molecule has 0 spiro atoms. The number of aliphatic hydroxyl groups is 2. The first-order chi connectivity index (χ1) is 5.65. The first kappa shape index (κ1) is 9.15. The summed E-state index contributed by atoms with van der Waals surface area (Å²) in [7, 11) is 0. The molecular weight excluding hydrogens is 164 g/mol. The summed E-state index contributed by atoms with van der Waals surface area (Å²) < 4.78 is 4.63. The second-order valence-electron chi connectivity index (χ2n) is 2.64. The van der Waals surface area contributed by atoms with Gasteiger partial charge in [-0.1, -0.05) is 0 Å². The zero-order valence-corrected chi connectivity index (χ0v) is 6.40. The van der Waals surface area contributed by atoms with Gasteiger partial charge in [0.25, 0.3) is 0 Å². The number of hydrogen-bond acceptors (Lipinski definition) is 5. The van der Waals surface area contributed by atoms with Gasteiger partial charge in [0, 0.05) is 6.42 Å². The fourth-order valence-electron chi connectivity index (χ4n) is 1.07. The Morgan fingerprint density at radius 2 is 2.42 bits per heavy atom. The molecule has 1 rings (SSSR count). The molecule has 0 unspecified atom stereocenters. The number of carbonyl (C=O) groups excluding carboxylic acids is 2. The highest BCUT2D eigenvalue weighted by molar-refractivity contribution is 5.85. The molecule has 1 heterocycles. The molecule has 5 nitrogen and oxygen atoms in total. The van der Waals surface area contributed by atoms with Gasteiger partial charge in [-0.15, -0.1) is 0 Å². The Kier molecular flexibility index (Phi) is 2.78. The Bertz CT molecular complexity index is 200. The fraction of sp³-hybridized carbons (Fsp3) is 0.714. The van der Waals surface area contributed by atoms with Crippen LogP contribution in [-0.4, -0.2) is 40.8 Å². The van der Waals surface area contributed by atoms with Crippen LogP contribution in [0.1, 0.15) is 12.8 Å². The van der Waals surface area contributed by atoms with Crippen molar-refractivity contribution in [1.82, 2.24) is 0 Å². The summed E-state index contributed by atoms with van der Waals surface area (Å²) in [5, 5.41) is 17.5. The summed E-state index contributed by atoms with van der Waals surface area (Å²) in [5.74, 6) is -1.13. The standard InChI is InChI=1S/C7H10O5/c8-3-4(9)7(11)5-1-2-6(10)12-5/h5,7-8,11H,1-3H2/t5-,7+/m0/s1. The molecule has 0 aromatic heterocycles. The van der Waals surface area contributed by atoms with Crippen molar-refractivity contribution in [3.8, 4) is 0 Å². The Labute approximate surface area is 68.9 Å². The normalized spacial score (nSPS) is 25.2. The average Bonchev–Trinajstić information content (AvgIpc) is 2.49. The fourth-order valence-corrected chi connectivity index (χ4v) is 1.07. The van der Waals surface area contributed by atoms with E-state index in [0.717, 1.165) is 0 Å². The van der Waals surface area contributed by atoms with E-state index in [4.69, 9.17) is 10.2 Å². The maximum absolute atomic E-state index is 10.7. The Morgan fingerprint density at radius 1 is 1.75 bits per heavy atom. The van der Waals surface area contributed by atoms with Crippen LogP contribution in [0.25, 0.3) is 0 Å². The lowest BCUT2D eigenvalue weighted by Gasteiger charge is -2.13. The molecule has 12 heavy (non-hydrogen) atoms. The number of ether oxygens (including phenoxy) is 1. The van der Waals surface area contributed by atoms with Crippen molar-refractivity contribution in [3.05, 3.63) is 0 Å². The summed E-state index contributed by atoms with van der Waals surface area (Å²) in [6.45, 7) is -0.727. The lowest BCUT2D eigenvalue weighted by atomic mass is 10.1. The van der Waals surface area contributed by atoms with E-state index in [1.165, 1.54) is 0 Å². The van der Waals surface area contributed by atoms with Crippen molar-refractivity contribution < 1.29 is 24.5 Å². The van der Waals surface area contributed by atoms with Crippen molar-refractivity contribution in [2.75, 3.05) is 6.61 Å². The van der Waals surface area contributed by atoms with Crippen LogP contribution in [-0.2, 0) is 14.3 Å². The molecular formula is C7H10O5. The summed E-state index contributed by atoms with van der Waals surface area (Å²) in [4.78, 5) is 21.3. The van der Waals surface area contributed by atoms with E-state index >= 15 is 0 Å². The molecule has 1 aliphatic rings. The van der Waals surface area contributed by atoms with Crippen LogP contribution >= 0.6 is 0 Å². The molecule has 1 aliphatic heterocycles. The first-order valence-corrected chi connectivity index (χ1v) is 3.66. The number of hydrogen-bond donors (Lipinski definition) is 2. The quantitative estimate of drug-likeness (QED) is 0.515. The van der Waals surface area contributed by atoms with Gasteiger partial charge in [-0.3, -0.25) is 9.59 Å². The van der Waals surface area contributed by atoms with Crippen molar-refractivity contribution >= 4 is 11.8 Å². The number of aliphatic hydroxyl groups excluding tert-OH is 2. The number of esters is 1. The molecule has 0 amide bonds. The summed E-state index contributed by atoms with van der Waals surface area (Å²) in [6, 6.07) is 0. The van der Waals surface area contributed by atoms with Crippen molar-refractivity contribution in [3.63, 3.8) is 0 Å². The molecule has 0 aliphatic carbocycles. The SMILES string of the molecule is O=C1CC[C@@H]([C@H](O)C(=O)CO)O1. The van der Waals surface area contributed by atoms with E-state index in [2.05, 4.69) is 4.74 Å². The smallest absolute Gasteiger partial charge is 0.306 e. The second kappa shape index (κ2) is 3.64. The minimum atomic E-state index is -1.37. The summed E-state index contributed by atoms with van der Waals surface area (Å²) in [5.41, 5.74) is 0. The van der Waals surface area contributed by atoms with Gasteiger partial charge in [-0.05, 0) is 6.42 Å². The van der Waals surface area contributed by atoms with Crippen LogP contribution in [0.4, 0.5) is 0 Å². The Morgan fingerprint density at radius 3 is 2.83 bits per heavy atom. The highest BCUT2D eigenvalue weighted by atomic mass is 16.6. The molecule has 2 atom stereocenters. The predicted molar refractivity (Wildman–Crippen MR) is 37.2 cm³/mol. The monoisotopic (exact) mass is 174 g/mol. The van der Waals surface area contributed by atoms with Crippen LogP contribution in [0.15, 0.2) is 0 Å². The lowest BCUT2D eigenvalue weighted by Crippen LogP contribution is -2.35. The topological polar surface area (TPSA) is 83.8 Å². The zero-order chi connectivity index (χ0) is 9.14. The van der Waals surface area contributed by atoms with Gasteiger partial charge in [0.1, 0.15) is 12.7 Å².